The van der Waals surface area contributed by atoms with Crippen molar-refractivity contribution in [2.75, 3.05) is 52.6 Å². The Hall–Kier alpha value is -1.31. The molecule has 0 radical (unpaired) electrons. The second-order valence-electron chi connectivity index (χ2n) is 7.11. The number of guanidine groups is 1. The lowest BCUT2D eigenvalue weighted by Crippen LogP contribution is -2.52. The van der Waals surface area contributed by atoms with Gasteiger partial charge < -0.3 is 15.5 Å². The molecule has 1 aliphatic rings. The molecule has 2 N–H and O–H groups in total. The fourth-order valence-corrected chi connectivity index (χ4v) is 3.76. The molecule has 27 heavy (non-hydrogen) atoms. The van der Waals surface area contributed by atoms with E-state index in [0.717, 1.165) is 62.1 Å². The highest BCUT2D eigenvalue weighted by Gasteiger charge is 2.19. The van der Waals surface area contributed by atoms with E-state index in [1.165, 1.54) is 6.07 Å². The van der Waals surface area contributed by atoms with E-state index in [4.69, 9.17) is 4.99 Å². The van der Waals surface area contributed by atoms with E-state index in [-0.39, 0.29) is 5.82 Å². The minimum Gasteiger partial charge on any atom is -0.357 e. The van der Waals surface area contributed by atoms with Gasteiger partial charge in [-0.15, -0.1) is 0 Å². The van der Waals surface area contributed by atoms with Crippen molar-refractivity contribution in [1.82, 2.24) is 20.4 Å². The minimum atomic E-state index is -0.183. The lowest BCUT2D eigenvalue weighted by molar-refractivity contribution is 0.120. The maximum atomic E-state index is 13.5. The smallest absolute Gasteiger partial charge is 0.191 e. The van der Waals surface area contributed by atoms with Gasteiger partial charge in [0.1, 0.15) is 5.82 Å². The van der Waals surface area contributed by atoms with Crippen molar-refractivity contribution >= 4 is 17.7 Å². The average molecular weight is 396 g/mol. The van der Waals surface area contributed by atoms with Crippen molar-refractivity contribution in [3.63, 3.8) is 0 Å². The van der Waals surface area contributed by atoms with Gasteiger partial charge in [0.2, 0.25) is 0 Å². The van der Waals surface area contributed by atoms with E-state index >= 15 is 0 Å². The number of rotatable bonds is 8. The SMILES string of the molecule is CCNC(=NCc1ccc(F)cc1CSC)NCC(C)N1CCN(C)CC1. The van der Waals surface area contributed by atoms with Crippen LogP contribution in [0.25, 0.3) is 0 Å². The standard InChI is InChI=1S/C20H34FN5S/c1-5-22-20(23-13-16(2)26-10-8-25(3)9-11-26)24-14-17-6-7-19(21)12-18(17)15-27-4/h6-7,12,16H,5,8-11,13-15H2,1-4H3,(H2,22,23,24). The predicted octanol–water partition coefficient (Wildman–Crippen LogP) is 2.38. The molecule has 0 aliphatic carbocycles. The number of likely N-dealkylation sites (N-methyl/N-ethyl adjacent to an activating group) is 1. The number of nitrogens with zero attached hydrogens (tertiary/aromatic N) is 3. The van der Waals surface area contributed by atoms with Crippen LogP contribution < -0.4 is 10.6 Å². The largest absolute Gasteiger partial charge is 0.357 e. The summed E-state index contributed by atoms with van der Waals surface area (Å²) in [4.78, 5) is 9.61. The van der Waals surface area contributed by atoms with Gasteiger partial charge in [0.15, 0.2) is 5.96 Å². The fraction of sp³-hybridized carbons (Fsp3) is 0.650. The molecule has 0 saturated carbocycles. The monoisotopic (exact) mass is 395 g/mol. The van der Waals surface area contributed by atoms with Crippen molar-refractivity contribution < 1.29 is 4.39 Å². The summed E-state index contributed by atoms with van der Waals surface area (Å²) in [5.74, 6) is 1.43. The van der Waals surface area contributed by atoms with Crippen molar-refractivity contribution in [3.05, 3.63) is 35.1 Å². The number of piperazine rings is 1. The van der Waals surface area contributed by atoms with Gasteiger partial charge in [-0.3, -0.25) is 4.90 Å². The molecule has 0 aromatic heterocycles. The number of nitrogens with one attached hydrogen (secondary N) is 2. The van der Waals surface area contributed by atoms with Crippen molar-refractivity contribution in [3.8, 4) is 0 Å². The number of hydrogen-bond donors (Lipinski definition) is 2. The molecule has 1 unspecified atom stereocenters. The molecule has 1 fully saturated rings. The molecule has 0 amide bonds. The van der Waals surface area contributed by atoms with E-state index in [1.54, 1.807) is 17.8 Å². The van der Waals surface area contributed by atoms with Crippen molar-refractivity contribution in [2.24, 2.45) is 4.99 Å². The zero-order valence-electron chi connectivity index (χ0n) is 17.1. The Morgan fingerprint density at radius 3 is 2.63 bits per heavy atom. The Morgan fingerprint density at radius 2 is 1.96 bits per heavy atom. The van der Waals surface area contributed by atoms with Crippen molar-refractivity contribution in [1.29, 1.82) is 0 Å². The summed E-state index contributed by atoms with van der Waals surface area (Å²) in [7, 11) is 2.18. The minimum absolute atomic E-state index is 0.183. The summed E-state index contributed by atoms with van der Waals surface area (Å²) in [5.41, 5.74) is 2.10. The molecule has 5 nitrogen and oxygen atoms in total. The third-order valence-corrected chi connectivity index (χ3v) is 5.55. The summed E-state index contributed by atoms with van der Waals surface area (Å²) in [5, 5.41) is 6.78. The Kier molecular flexibility index (Phi) is 9.38. The molecular formula is C20H34FN5S. The van der Waals surface area contributed by atoms with Crippen LogP contribution in [-0.4, -0.2) is 74.4 Å². The number of thioether (sulfide) groups is 1. The Balaban J connectivity index is 1.94. The first-order chi connectivity index (χ1) is 13.0. The van der Waals surface area contributed by atoms with Crippen LogP contribution in [0.15, 0.2) is 23.2 Å². The summed E-state index contributed by atoms with van der Waals surface area (Å²) < 4.78 is 13.5. The first kappa shape index (κ1) is 22.0. The maximum absolute atomic E-state index is 13.5. The van der Waals surface area contributed by atoms with Crippen LogP contribution >= 0.6 is 11.8 Å². The number of hydrogen-bond acceptors (Lipinski definition) is 4. The van der Waals surface area contributed by atoms with E-state index in [2.05, 4.69) is 41.3 Å². The lowest BCUT2D eigenvalue weighted by Gasteiger charge is -2.36. The van der Waals surface area contributed by atoms with Crippen LogP contribution in [-0.2, 0) is 12.3 Å². The summed E-state index contributed by atoms with van der Waals surface area (Å²) >= 11 is 1.70. The molecule has 2 rings (SSSR count). The first-order valence-electron chi connectivity index (χ1n) is 9.74. The molecule has 1 saturated heterocycles. The topological polar surface area (TPSA) is 42.9 Å². The third kappa shape index (κ3) is 7.31. The second kappa shape index (κ2) is 11.5. The first-order valence-corrected chi connectivity index (χ1v) is 11.1. The van der Waals surface area contributed by atoms with E-state index < -0.39 is 0 Å². The molecule has 152 valence electrons. The van der Waals surface area contributed by atoms with Crippen LogP contribution in [0.3, 0.4) is 0 Å². The second-order valence-corrected chi connectivity index (χ2v) is 7.98. The predicted molar refractivity (Wildman–Crippen MR) is 115 cm³/mol. The van der Waals surface area contributed by atoms with Gasteiger partial charge >= 0.3 is 0 Å². The maximum Gasteiger partial charge on any atom is 0.191 e. The Labute approximate surface area is 167 Å². The molecule has 7 heteroatoms. The molecule has 1 aromatic carbocycles. The van der Waals surface area contributed by atoms with E-state index in [9.17, 15) is 4.39 Å². The molecule has 1 heterocycles. The van der Waals surface area contributed by atoms with Crippen LogP contribution in [0, 0.1) is 5.82 Å². The zero-order valence-corrected chi connectivity index (χ0v) is 17.9. The van der Waals surface area contributed by atoms with Gasteiger partial charge in [0.05, 0.1) is 6.54 Å². The quantitative estimate of drug-likeness (QED) is 0.523. The molecule has 0 bridgehead atoms. The summed E-state index contributed by atoms with van der Waals surface area (Å²) in [6, 6.07) is 5.45. The van der Waals surface area contributed by atoms with Gasteiger partial charge in [0, 0.05) is 51.1 Å². The molecule has 1 aromatic rings. The highest BCUT2D eigenvalue weighted by Crippen LogP contribution is 2.17. The fourth-order valence-electron chi connectivity index (χ4n) is 3.18. The van der Waals surface area contributed by atoms with Crippen LogP contribution in [0.2, 0.25) is 0 Å². The van der Waals surface area contributed by atoms with Crippen LogP contribution in [0.1, 0.15) is 25.0 Å². The highest BCUT2D eigenvalue weighted by molar-refractivity contribution is 7.97. The number of halogens is 1. The van der Waals surface area contributed by atoms with Gasteiger partial charge in [-0.2, -0.15) is 11.8 Å². The number of benzene rings is 1. The molecule has 1 aliphatic heterocycles. The Morgan fingerprint density at radius 1 is 1.22 bits per heavy atom. The third-order valence-electron chi connectivity index (χ3n) is 4.95. The average Bonchev–Trinajstić information content (AvgIpc) is 2.65. The number of aliphatic imine (C=N–C) groups is 1. The van der Waals surface area contributed by atoms with Gasteiger partial charge in [-0.05, 0) is 50.4 Å². The van der Waals surface area contributed by atoms with Crippen molar-refractivity contribution in [2.45, 2.75) is 32.2 Å². The Bertz CT molecular complexity index is 602. The van der Waals surface area contributed by atoms with E-state index in [1.807, 2.05) is 12.3 Å². The lowest BCUT2D eigenvalue weighted by atomic mass is 10.1. The van der Waals surface area contributed by atoms with Gasteiger partial charge in [-0.25, -0.2) is 9.38 Å². The highest BCUT2D eigenvalue weighted by atomic mass is 32.2. The van der Waals surface area contributed by atoms with Crippen LogP contribution in [0.5, 0.6) is 0 Å². The van der Waals surface area contributed by atoms with Crippen LogP contribution in [0.4, 0.5) is 4.39 Å². The van der Waals surface area contributed by atoms with Gasteiger partial charge in [-0.1, -0.05) is 6.07 Å². The molecular weight excluding hydrogens is 361 g/mol. The summed E-state index contributed by atoms with van der Waals surface area (Å²) in [6.07, 6.45) is 2.03. The molecule has 1 atom stereocenters. The molecule has 0 spiro atoms. The van der Waals surface area contributed by atoms with Gasteiger partial charge in [0.25, 0.3) is 0 Å². The normalized spacial score (nSPS) is 17.7. The zero-order chi connectivity index (χ0) is 19.6. The summed E-state index contributed by atoms with van der Waals surface area (Å²) in [6.45, 7) is 11.0. The van der Waals surface area contributed by atoms with E-state index in [0.29, 0.717) is 12.6 Å².